The molecule has 0 spiro atoms. The summed E-state index contributed by atoms with van der Waals surface area (Å²) in [6.07, 6.45) is 7.04. The van der Waals surface area contributed by atoms with Gasteiger partial charge in [0.05, 0.1) is 0 Å². The number of rotatable bonds is 6. The first-order valence-corrected chi connectivity index (χ1v) is 9.58. The lowest BCUT2D eigenvalue weighted by Gasteiger charge is -2.33. The average Bonchev–Trinajstić information content (AvgIpc) is 2.71. The number of ketones is 2. The summed E-state index contributed by atoms with van der Waals surface area (Å²) in [5.74, 6) is 0.0459. The molecule has 28 heavy (non-hydrogen) atoms. The first kappa shape index (κ1) is 19.6. The zero-order valence-corrected chi connectivity index (χ0v) is 16.5. The zero-order chi connectivity index (χ0) is 19.9. The summed E-state index contributed by atoms with van der Waals surface area (Å²) < 4.78 is 0. The van der Waals surface area contributed by atoms with Crippen molar-refractivity contribution >= 4 is 11.6 Å². The van der Waals surface area contributed by atoms with Crippen LogP contribution in [-0.4, -0.2) is 47.5 Å². The summed E-state index contributed by atoms with van der Waals surface area (Å²) in [5, 5.41) is 0. The Morgan fingerprint density at radius 2 is 1.11 bits per heavy atom. The Morgan fingerprint density at radius 1 is 0.714 bits per heavy atom. The van der Waals surface area contributed by atoms with Crippen molar-refractivity contribution in [3.05, 3.63) is 95.3 Å². The van der Waals surface area contributed by atoms with Gasteiger partial charge in [0.2, 0.25) is 0 Å². The number of aryl methyl sites for hydroxylation is 2. The van der Waals surface area contributed by atoms with E-state index in [0.29, 0.717) is 11.1 Å². The second-order valence-electron chi connectivity index (χ2n) is 7.17. The molecular weight excluding hydrogens is 348 g/mol. The Labute approximate surface area is 166 Å². The van der Waals surface area contributed by atoms with E-state index in [-0.39, 0.29) is 11.6 Å². The molecule has 0 bridgehead atoms. The molecule has 1 fully saturated rings. The molecule has 0 aromatic heterocycles. The first-order chi connectivity index (χ1) is 13.5. The number of nitrogens with zero attached hydrogens (tertiary/aromatic N) is 2. The van der Waals surface area contributed by atoms with E-state index in [0.717, 1.165) is 37.3 Å². The maximum atomic E-state index is 12.3. The number of piperazine rings is 1. The zero-order valence-electron chi connectivity index (χ0n) is 16.5. The van der Waals surface area contributed by atoms with Gasteiger partial charge in [0.15, 0.2) is 11.6 Å². The largest absolute Gasteiger partial charge is 0.374 e. The predicted molar refractivity (Wildman–Crippen MR) is 112 cm³/mol. The van der Waals surface area contributed by atoms with Crippen molar-refractivity contribution in [1.29, 1.82) is 0 Å². The SMILES string of the molecule is Cc1cccc(C(=O)C=CN2CCN(C=CC(=O)c3cccc(C)c3)CC2)c1. The molecule has 0 radical (unpaired) electrons. The summed E-state index contributed by atoms with van der Waals surface area (Å²) >= 11 is 0. The van der Waals surface area contributed by atoms with Crippen molar-refractivity contribution in [3.63, 3.8) is 0 Å². The van der Waals surface area contributed by atoms with Gasteiger partial charge in [-0.25, -0.2) is 0 Å². The van der Waals surface area contributed by atoms with E-state index in [1.165, 1.54) is 0 Å². The van der Waals surface area contributed by atoms with Crippen LogP contribution in [0.25, 0.3) is 0 Å². The number of allylic oxidation sites excluding steroid dienone is 2. The van der Waals surface area contributed by atoms with E-state index in [9.17, 15) is 9.59 Å². The molecule has 0 saturated carbocycles. The Kier molecular flexibility index (Phi) is 6.43. The molecule has 4 nitrogen and oxygen atoms in total. The minimum absolute atomic E-state index is 0.0229. The number of hydrogen-bond acceptors (Lipinski definition) is 4. The van der Waals surface area contributed by atoms with E-state index in [4.69, 9.17) is 0 Å². The van der Waals surface area contributed by atoms with Crippen LogP contribution in [0.15, 0.2) is 73.1 Å². The fraction of sp³-hybridized carbons (Fsp3) is 0.250. The topological polar surface area (TPSA) is 40.6 Å². The number of benzene rings is 2. The van der Waals surface area contributed by atoms with Gasteiger partial charge in [0, 0.05) is 61.9 Å². The van der Waals surface area contributed by atoms with E-state index >= 15 is 0 Å². The van der Waals surface area contributed by atoms with Gasteiger partial charge >= 0.3 is 0 Å². The predicted octanol–water partition coefficient (Wildman–Crippen LogP) is 4.01. The minimum Gasteiger partial charge on any atom is -0.374 e. The maximum absolute atomic E-state index is 12.3. The third-order valence-corrected chi connectivity index (χ3v) is 4.83. The van der Waals surface area contributed by atoms with Crippen molar-refractivity contribution in [1.82, 2.24) is 9.80 Å². The standard InChI is InChI=1S/C24H26N2O2/c1-19-5-3-7-21(17-19)23(27)9-11-25-13-15-26(16-14-25)12-10-24(28)22-8-4-6-20(2)18-22/h3-12,17-18H,13-16H2,1-2H3. The summed E-state index contributed by atoms with van der Waals surface area (Å²) in [4.78, 5) is 28.8. The Bertz CT molecular complexity index is 831. The van der Waals surface area contributed by atoms with Gasteiger partial charge < -0.3 is 9.80 Å². The fourth-order valence-corrected chi connectivity index (χ4v) is 3.17. The van der Waals surface area contributed by atoms with Crippen molar-refractivity contribution in [2.45, 2.75) is 13.8 Å². The van der Waals surface area contributed by atoms with Crippen molar-refractivity contribution < 1.29 is 9.59 Å². The molecule has 0 atom stereocenters. The molecule has 1 aliphatic heterocycles. The van der Waals surface area contributed by atoms with Crippen molar-refractivity contribution in [2.24, 2.45) is 0 Å². The lowest BCUT2D eigenvalue weighted by Crippen LogP contribution is -2.41. The van der Waals surface area contributed by atoms with Crippen LogP contribution in [0.5, 0.6) is 0 Å². The normalized spacial score (nSPS) is 14.8. The van der Waals surface area contributed by atoms with Gasteiger partial charge in [-0.1, -0.05) is 47.5 Å². The van der Waals surface area contributed by atoms with Crippen LogP contribution >= 0.6 is 0 Å². The van der Waals surface area contributed by atoms with Gasteiger partial charge in [-0.2, -0.15) is 0 Å². The van der Waals surface area contributed by atoms with Crippen LogP contribution in [0.1, 0.15) is 31.8 Å². The molecule has 0 unspecified atom stereocenters. The summed E-state index contributed by atoms with van der Waals surface area (Å²) in [7, 11) is 0. The smallest absolute Gasteiger partial charge is 0.187 e. The van der Waals surface area contributed by atoms with Crippen LogP contribution < -0.4 is 0 Å². The summed E-state index contributed by atoms with van der Waals surface area (Å²) in [6.45, 7) is 7.25. The molecule has 3 rings (SSSR count). The van der Waals surface area contributed by atoms with Crippen LogP contribution in [0.4, 0.5) is 0 Å². The summed E-state index contributed by atoms with van der Waals surface area (Å²) in [5.41, 5.74) is 3.60. The van der Waals surface area contributed by atoms with E-state index in [1.807, 2.05) is 74.8 Å². The summed E-state index contributed by atoms with van der Waals surface area (Å²) in [6, 6.07) is 15.3. The van der Waals surface area contributed by atoms with Crippen molar-refractivity contribution in [3.8, 4) is 0 Å². The fourth-order valence-electron chi connectivity index (χ4n) is 3.17. The molecule has 1 heterocycles. The Hall–Kier alpha value is -3.14. The third kappa shape index (κ3) is 5.43. The second-order valence-corrected chi connectivity index (χ2v) is 7.17. The molecular formula is C24H26N2O2. The van der Waals surface area contributed by atoms with Crippen LogP contribution in [0.2, 0.25) is 0 Å². The van der Waals surface area contributed by atoms with Crippen LogP contribution in [0.3, 0.4) is 0 Å². The first-order valence-electron chi connectivity index (χ1n) is 9.58. The Balaban J connectivity index is 1.49. The van der Waals surface area contributed by atoms with Gasteiger partial charge in [-0.15, -0.1) is 0 Å². The molecule has 2 aromatic carbocycles. The van der Waals surface area contributed by atoms with Gasteiger partial charge in [0.1, 0.15) is 0 Å². The molecule has 0 N–H and O–H groups in total. The molecule has 1 aliphatic rings. The highest BCUT2D eigenvalue weighted by molar-refractivity contribution is 6.05. The van der Waals surface area contributed by atoms with Crippen LogP contribution in [-0.2, 0) is 0 Å². The molecule has 0 amide bonds. The third-order valence-electron chi connectivity index (χ3n) is 4.83. The van der Waals surface area contributed by atoms with Gasteiger partial charge in [-0.3, -0.25) is 9.59 Å². The lowest BCUT2D eigenvalue weighted by molar-refractivity contribution is 0.103. The molecule has 4 heteroatoms. The van der Waals surface area contributed by atoms with Gasteiger partial charge in [0.25, 0.3) is 0 Å². The van der Waals surface area contributed by atoms with E-state index in [2.05, 4.69) is 9.80 Å². The highest BCUT2D eigenvalue weighted by Crippen LogP contribution is 2.09. The van der Waals surface area contributed by atoms with Crippen LogP contribution in [0, 0.1) is 13.8 Å². The molecule has 0 aliphatic carbocycles. The average molecular weight is 374 g/mol. The monoisotopic (exact) mass is 374 g/mol. The number of hydrogen-bond donors (Lipinski definition) is 0. The molecule has 2 aromatic rings. The quantitative estimate of drug-likeness (QED) is 0.566. The highest BCUT2D eigenvalue weighted by atomic mass is 16.1. The van der Waals surface area contributed by atoms with E-state index in [1.54, 1.807) is 12.2 Å². The lowest BCUT2D eigenvalue weighted by atomic mass is 10.1. The molecule has 1 saturated heterocycles. The minimum atomic E-state index is 0.0229. The van der Waals surface area contributed by atoms with Gasteiger partial charge in [-0.05, 0) is 26.0 Å². The maximum Gasteiger partial charge on any atom is 0.187 e. The second kappa shape index (κ2) is 9.18. The number of carbonyl (C=O) groups excluding carboxylic acids is 2. The number of carbonyl (C=O) groups is 2. The Morgan fingerprint density at radius 3 is 1.46 bits per heavy atom. The van der Waals surface area contributed by atoms with E-state index < -0.39 is 0 Å². The highest BCUT2D eigenvalue weighted by Gasteiger charge is 2.12. The van der Waals surface area contributed by atoms with Crippen molar-refractivity contribution in [2.75, 3.05) is 26.2 Å². The molecule has 144 valence electrons.